The lowest BCUT2D eigenvalue weighted by Gasteiger charge is -2.31. The van der Waals surface area contributed by atoms with Crippen LogP contribution in [0.2, 0.25) is 0 Å². The maximum Gasteiger partial charge on any atom is 0.416 e. The minimum atomic E-state index is -4.40. The van der Waals surface area contributed by atoms with Crippen molar-refractivity contribution in [2.75, 3.05) is 39.8 Å². The summed E-state index contributed by atoms with van der Waals surface area (Å²) in [6, 6.07) is 6.96. The van der Waals surface area contributed by atoms with Crippen LogP contribution in [-0.4, -0.2) is 59.9 Å². The predicted molar refractivity (Wildman–Crippen MR) is 98.5 cm³/mol. The highest BCUT2D eigenvalue weighted by Gasteiger charge is 2.31. The summed E-state index contributed by atoms with van der Waals surface area (Å²) in [6.07, 6.45) is -4.40. The highest BCUT2D eigenvalue weighted by Crippen LogP contribution is 2.31. The largest absolute Gasteiger partial charge is 0.416 e. The lowest BCUT2D eigenvalue weighted by atomic mass is 10.1. The van der Waals surface area contributed by atoms with Gasteiger partial charge in [-0.15, -0.1) is 0 Å². The number of nitrogens with zero attached hydrogens (tertiary/aromatic N) is 3. The molecular formula is C20H24F3N3O. The van der Waals surface area contributed by atoms with Gasteiger partial charge in [0, 0.05) is 48.8 Å². The number of alkyl halides is 3. The standard InChI is InChI=1S/C20H24F3N3O/c1-14-11-18(19(27)13-25-9-7-24(3)8-10-25)15(2)26(14)17-6-4-5-16(12-17)20(21,22)23/h4-6,11-12H,7-10,13H2,1-3H3. The van der Waals surface area contributed by atoms with Crippen LogP contribution in [0, 0.1) is 13.8 Å². The van der Waals surface area contributed by atoms with Crippen molar-refractivity contribution in [2.45, 2.75) is 20.0 Å². The van der Waals surface area contributed by atoms with E-state index in [1.807, 2.05) is 0 Å². The Morgan fingerprint density at radius 2 is 1.74 bits per heavy atom. The van der Waals surface area contributed by atoms with E-state index >= 15 is 0 Å². The number of Topliss-reactive ketones (excluding diaryl/α,β-unsaturated/α-hetero) is 1. The van der Waals surface area contributed by atoms with Crippen LogP contribution >= 0.6 is 0 Å². The molecule has 0 bridgehead atoms. The third kappa shape index (κ3) is 4.25. The molecule has 1 aliphatic rings. The number of hydrogen-bond donors (Lipinski definition) is 0. The van der Waals surface area contributed by atoms with Gasteiger partial charge in [0.25, 0.3) is 0 Å². The van der Waals surface area contributed by atoms with Crippen LogP contribution in [0.15, 0.2) is 30.3 Å². The zero-order valence-electron chi connectivity index (χ0n) is 15.8. The zero-order chi connectivity index (χ0) is 19.8. The van der Waals surface area contributed by atoms with Gasteiger partial charge in [0.05, 0.1) is 12.1 Å². The van der Waals surface area contributed by atoms with Crippen molar-refractivity contribution in [3.05, 3.63) is 52.8 Å². The van der Waals surface area contributed by atoms with Crippen molar-refractivity contribution < 1.29 is 18.0 Å². The maximum atomic E-state index is 13.0. The van der Waals surface area contributed by atoms with E-state index in [1.165, 1.54) is 6.07 Å². The molecule has 0 unspecified atom stereocenters. The molecule has 7 heteroatoms. The number of benzene rings is 1. The van der Waals surface area contributed by atoms with Crippen LogP contribution in [0.25, 0.3) is 5.69 Å². The van der Waals surface area contributed by atoms with Gasteiger partial charge in [-0.2, -0.15) is 13.2 Å². The van der Waals surface area contributed by atoms with E-state index < -0.39 is 11.7 Å². The second kappa shape index (κ2) is 7.48. The Kier molecular flexibility index (Phi) is 5.44. The average Bonchev–Trinajstić information content (AvgIpc) is 2.91. The number of carbonyl (C=O) groups is 1. The zero-order valence-corrected chi connectivity index (χ0v) is 15.8. The highest BCUT2D eigenvalue weighted by molar-refractivity contribution is 5.99. The molecule has 0 amide bonds. The van der Waals surface area contributed by atoms with Crippen LogP contribution in [-0.2, 0) is 6.18 Å². The molecule has 1 aromatic carbocycles. The molecule has 0 spiro atoms. The van der Waals surface area contributed by atoms with Gasteiger partial charge in [0.15, 0.2) is 5.78 Å². The lowest BCUT2D eigenvalue weighted by molar-refractivity contribution is -0.137. The molecule has 1 saturated heterocycles. The van der Waals surface area contributed by atoms with Gasteiger partial charge in [-0.05, 0) is 45.2 Å². The number of likely N-dealkylation sites (N-methyl/N-ethyl adjacent to an activating group) is 1. The van der Waals surface area contributed by atoms with Crippen molar-refractivity contribution in [2.24, 2.45) is 0 Å². The highest BCUT2D eigenvalue weighted by atomic mass is 19.4. The Hall–Kier alpha value is -2.12. The normalized spacial score (nSPS) is 16.7. The van der Waals surface area contributed by atoms with Crippen molar-refractivity contribution in [1.29, 1.82) is 0 Å². The number of rotatable bonds is 4. The Balaban J connectivity index is 1.86. The molecule has 0 N–H and O–H groups in total. The minimum Gasteiger partial charge on any atom is -0.318 e. The summed E-state index contributed by atoms with van der Waals surface area (Å²) in [4.78, 5) is 17.1. The molecule has 1 aliphatic heterocycles. The lowest BCUT2D eigenvalue weighted by Crippen LogP contribution is -2.46. The second-order valence-electron chi connectivity index (χ2n) is 7.17. The number of aromatic nitrogens is 1. The van der Waals surface area contributed by atoms with Crippen LogP contribution < -0.4 is 0 Å². The molecule has 2 aromatic rings. The number of aryl methyl sites for hydroxylation is 1. The first-order chi connectivity index (χ1) is 12.7. The Bertz CT molecular complexity index is 833. The van der Waals surface area contributed by atoms with Gasteiger partial charge in [-0.1, -0.05) is 6.07 Å². The molecule has 1 fully saturated rings. The summed E-state index contributed by atoms with van der Waals surface area (Å²) < 4.78 is 40.8. The summed E-state index contributed by atoms with van der Waals surface area (Å²) in [6.45, 7) is 7.46. The fraction of sp³-hybridized carbons (Fsp3) is 0.450. The van der Waals surface area contributed by atoms with E-state index in [9.17, 15) is 18.0 Å². The molecule has 1 aromatic heterocycles. The van der Waals surface area contributed by atoms with Crippen molar-refractivity contribution in [1.82, 2.24) is 14.4 Å². The first kappa shape index (κ1) is 19.6. The van der Waals surface area contributed by atoms with Crippen molar-refractivity contribution in [3.8, 4) is 5.69 Å². The number of ketones is 1. The second-order valence-corrected chi connectivity index (χ2v) is 7.17. The molecular weight excluding hydrogens is 355 g/mol. The quantitative estimate of drug-likeness (QED) is 0.761. The number of halogens is 3. The average molecular weight is 379 g/mol. The molecule has 27 heavy (non-hydrogen) atoms. The fourth-order valence-corrected chi connectivity index (χ4v) is 3.56. The third-order valence-corrected chi connectivity index (χ3v) is 5.13. The fourth-order valence-electron chi connectivity index (χ4n) is 3.56. The number of carbonyl (C=O) groups excluding carboxylic acids is 1. The van der Waals surface area contributed by atoms with E-state index in [1.54, 1.807) is 30.5 Å². The van der Waals surface area contributed by atoms with E-state index in [4.69, 9.17) is 0 Å². The molecule has 0 aliphatic carbocycles. The van der Waals surface area contributed by atoms with Gasteiger partial charge in [0.2, 0.25) is 0 Å². The van der Waals surface area contributed by atoms with Gasteiger partial charge < -0.3 is 9.47 Å². The maximum absolute atomic E-state index is 13.0. The van der Waals surface area contributed by atoms with E-state index in [-0.39, 0.29) is 5.78 Å². The first-order valence-electron chi connectivity index (χ1n) is 8.97. The predicted octanol–water partition coefficient (Wildman–Crippen LogP) is 3.54. The summed E-state index contributed by atoms with van der Waals surface area (Å²) >= 11 is 0. The first-order valence-corrected chi connectivity index (χ1v) is 8.97. The minimum absolute atomic E-state index is 0.00544. The monoisotopic (exact) mass is 379 g/mol. The Labute approximate surface area is 157 Å². The molecule has 0 saturated carbocycles. The number of piperazine rings is 1. The molecule has 146 valence electrons. The Morgan fingerprint density at radius 1 is 1.07 bits per heavy atom. The van der Waals surface area contributed by atoms with Crippen molar-refractivity contribution >= 4 is 5.78 Å². The molecule has 3 rings (SSSR count). The number of hydrogen-bond acceptors (Lipinski definition) is 3. The van der Waals surface area contributed by atoms with Crippen LogP contribution in [0.4, 0.5) is 13.2 Å². The Morgan fingerprint density at radius 3 is 2.37 bits per heavy atom. The van der Waals surface area contributed by atoms with Gasteiger partial charge in [0.1, 0.15) is 0 Å². The van der Waals surface area contributed by atoms with Gasteiger partial charge in [-0.25, -0.2) is 0 Å². The summed E-state index contributed by atoms with van der Waals surface area (Å²) in [7, 11) is 2.06. The van der Waals surface area contributed by atoms with Crippen molar-refractivity contribution in [3.63, 3.8) is 0 Å². The molecule has 0 radical (unpaired) electrons. The summed E-state index contributed by atoms with van der Waals surface area (Å²) in [5.74, 6) is 0.00544. The topological polar surface area (TPSA) is 28.5 Å². The third-order valence-electron chi connectivity index (χ3n) is 5.13. The van der Waals surface area contributed by atoms with Crippen LogP contribution in [0.1, 0.15) is 27.3 Å². The molecule has 2 heterocycles. The smallest absolute Gasteiger partial charge is 0.318 e. The molecule has 0 atom stereocenters. The van der Waals surface area contributed by atoms with E-state index in [0.29, 0.717) is 23.5 Å². The van der Waals surface area contributed by atoms with Gasteiger partial charge >= 0.3 is 6.18 Å². The van der Waals surface area contributed by atoms with Crippen LogP contribution in [0.3, 0.4) is 0 Å². The summed E-state index contributed by atoms with van der Waals surface area (Å²) in [5, 5.41) is 0. The van der Waals surface area contributed by atoms with E-state index in [0.717, 1.165) is 44.0 Å². The summed E-state index contributed by atoms with van der Waals surface area (Å²) in [5.41, 5.74) is 1.71. The SMILES string of the molecule is Cc1cc(C(=O)CN2CCN(C)CC2)c(C)n1-c1cccc(C(F)(F)F)c1. The van der Waals surface area contributed by atoms with E-state index in [2.05, 4.69) is 16.8 Å². The van der Waals surface area contributed by atoms with Gasteiger partial charge in [-0.3, -0.25) is 9.69 Å². The van der Waals surface area contributed by atoms with Crippen LogP contribution in [0.5, 0.6) is 0 Å². The molecule has 4 nitrogen and oxygen atoms in total.